The highest BCUT2D eigenvalue weighted by Gasteiger charge is 2.21. The number of carbonyl (C=O) groups excluding carboxylic acids is 1. The van der Waals surface area contributed by atoms with E-state index in [1.807, 2.05) is 6.92 Å². The van der Waals surface area contributed by atoms with Gasteiger partial charge in [0.2, 0.25) is 0 Å². The highest BCUT2D eigenvalue weighted by molar-refractivity contribution is 6.34. The number of benzene rings is 1. The van der Waals surface area contributed by atoms with E-state index in [2.05, 4.69) is 0 Å². The van der Waals surface area contributed by atoms with Gasteiger partial charge in [0.05, 0.1) is 7.11 Å². The van der Waals surface area contributed by atoms with Gasteiger partial charge in [-0.15, -0.1) is 0 Å². The lowest BCUT2D eigenvalue weighted by Gasteiger charge is -2.11. The zero-order valence-electron chi connectivity index (χ0n) is 10.5. The normalized spacial score (nSPS) is 10.4. The first-order valence-electron chi connectivity index (χ1n) is 5.84. The number of rotatable bonds is 6. The lowest BCUT2D eigenvalue weighted by Crippen LogP contribution is -2.01. The van der Waals surface area contributed by atoms with E-state index in [-0.39, 0.29) is 34.3 Å². The Hall–Kier alpha value is -1.42. The van der Waals surface area contributed by atoms with Gasteiger partial charge in [0.1, 0.15) is 22.1 Å². The maximum absolute atomic E-state index is 11.9. The minimum Gasteiger partial charge on any atom is -0.507 e. The average molecular weight is 273 g/mol. The van der Waals surface area contributed by atoms with Gasteiger partial charge in [0.25, 0.3) is 0 Å². The summed E-state index contributed by atoms with van der Waals surface area (Å²) in [6, 6.07) is 1.23. The van der Waals surface area contributed by atoms with Crippen LogP contribution in [0.1, 0.15) is 43.0 Å². The van der Waals surface area contributed by atoms with Crippen molar-refractivity contribution in [1.29, 1.82) is 0 Å². The van der Waals surface area contributed by atoms with E-state index in [0.717, 1.165) is 19.3 Å². The Morgan fingerprint density at radius 3 is 2.61 bits per heavy atom. The summed E-state index contributed by atoms with van der Waals surface area (Å²) in [7, 11) is 1.36. The summed E-state index contributed by atoms with van der Waals surface area (Å²) in [4.78, 5) is 11.9. The number of methoxy groups -OCH3 is 1. The second-order valence-corrected chi connectivity index (χ2v) is 4.39. The standard InChI is InChI=1S/C13H17ClO4/c1-3-4-5-6-8(15)11-9(16)7-10(18-2)12(14)13(11)17/h7,16-17H,3-6H2,1-2H3. The largest absolute Gasteiger partial charge is 0.507 e. The SMILES string of the molecule is CCCCCC(=O)c1c(O)cc(OC)c(Cl)c1O. The van der Waals surface area contributed by atoms with Gasteiger partial charge < -0.3 is 14.9 Å². The molecule has 0 saturated carbocycles. The minimum atomic E-state index is -0.421. The average Bonchev–Trinajstić information content (AvgIpc) is 2.34. The van der Waals surface area contributed by atoms with Crippen molar-refractivity contribution in [3.05, 3.63) is 16.7 Å². The van der Waals surface area contributed by atoms with Gasteiger partial charge in [-0.25, -0.2) is 0 Å². The Morgan fingerprint density at radius 1 is 1.39 bits per heavy atom. The zero-order chi connectivity index (χ0) is 13.7. The summed E-state index contributed by atoms with van der Waals surface area (Å²) in [5, 5.41) is 19.5. The molecule has 0 fully saturated rings. The van der Waals surface area contributed by atoms with Crippen LogP contribution in [0.2, 0.25) is 5.02 Å². The second kappa shape index (κ2) is 6.50. The summed E-state index contributed by atoms with van der Waals surface area (Å²) in [6.07, 6.45) is 2.92. The van der Waals surface area contributed by atoms with Crippen LogP contribution >= 0.6 is 11.6 Å². The smallest absolute Gasteiger partial charge is 0.170 e. The molecule has 0 amide bonds. The van der Waals surface area contributed by atoms with Gasteiger partial charge >= 0.3 is 0 Å². The molecule has 0 spiro atoms. The van der Waals surface area contributed by atoms with Crippen molar-refractivity contribution >= 4 is 17.4 Å². The van der Waals surface area contributed by atoms with E-state index in [1.54, 1.807) is 0 Å². The fraction of sp³-hybridized carbons (Fsp3) is 0.462. The first-order chi connectivity index (χ1) is 8.52. The second-order valence-electron chi connectivity index (χ2n) is 4.02. The number of ether oxygens (including phenoxy) is 1. The number of carbonyl (C=O) groups is 1. The number of ketones is 1. The molecule has 0 saturated heterocycles. The van der Waals surface area contributed by atoms with Crippen LogP contribution in [-0.2, 0) is 0 Å². The van der Waals surface area contributed by atoms with E-state index in [9.17, 15) is 15.0 Å². The van der Waals surface area contributed by atoms with Crippen LogP contribution < -0.4 is 4.74 Å². The molecule has 100 valence electrons. The van der Waals surface area contributed by atoms with E-state index in [1.165, 1.54) is 13.2 Å². The molecule has 0 bridgehead atoms. The fourth-order valence-corrected chi connectivity index (χ4v) is 1.92. The summed E-state index contributed by atoms with van der Waals surface area (Å²) in [5.41, 5.74) is -0.128. The Kier molecular flexibility index (Phi) is 5.28. The number of phenols is 2. The molecule has 0 heterocycles. The van der Waals surface area contributed by atoms with Gasteiger partial charge in [-0.2, -0.15) is 0 Å². The van der Waals surface area contributed by atoms with Gasteiger partial charge in [-0.05, 0) is 6.42 Å². The lowest BCUT2D eigenvalue weighted by molar-refractivity contribution is 0.0974. The fourth-order valence-electron chi connectivity index (χ4n) is 1.69. The Morgan fingerprint density at radius 2 is 2.06 bits per heavy atom. The molecular formula is C13H17ClO4. The molecule has 0 aliphatic heterocycles. The van der Waals surface area contributed by atoms with E-state index >= 15 is 0 Å². The maximum atomic E-state index is 11.9. The lowest BCUT2D eigenvalue weighted by atomic mass is 10.0. The van der Waals surface area contributed by atoms with Crippen molar-refractivity contribution in [2.75, 3.05) is 7.11 Å². The first-order valence-corrected chi connectivity index (χ1v) is 6.22. The van der Waals surface area contributed by atoms with Crippen LogP contribution in [0.15, 0.2) is 6.07 Å². The highest BCUT2D eigenvalue weighted by atomic mass is 35.5. The summed E-state index contributed by atoms with van der Waals surface area (Å²) >= 11 is 5.84. The summed E-state index contributed by atoms with van der Waals surface area (Å²) in [5.74, 6) is -0.912. The van der Waals surface area contributed by atoms with Gasteiger partial charge in [0.15, 0.2) is 11.5 Å². The number of halogens is 1. The monoisotopic (exact) mass is 272 g/mol. The molecular weight excluding hydrogens is 256 g/mol. The molecule has 18 heavy (non-hydrogen) atoms. The molecule has 5 heteroatoms. The number of hydrogen-bond acceptors (Lipinski definition) is 4. The summed E-state index contributed by atoms with van der Waals surface area (Å²) in [6.45, 7) is 2.03. The molecule has 0 unspecified atom stereocenters. The number of aromatic hydroxyl groups is 2. The number of phenolic OH excluding ortho intramolecular Hbond substituents is 2. The molecule has 0 radical (unpaired) electrons. The predicted molar refractivity (Wildman–Crippen MR) is 69.8 cm³/mol. The van der Waals surface area contributed by atoms with Crippen LogP contribution in [0, 0.1) is 0 Å². The van der Waals surface area contributed by atoms with Crippen LogP contribution in [-0.4, -0.2) is 23.1 Å². The van der Waals surface area contributed by atoms with Crippen LogP contribution in [0.3, 0.4) is 0 Å². The molecule has 4 nitrogen and oxygen atoms in total. The highest BCUT2D eigenvalue weighted by Crippen LogP contribution is 2.42. The number of hydrogen-bond donors (Lipinski definition) is 2. The van der Waals surface area contributed by atoms with Crippen LogP contribution in [0.4, 0.5) is 0 Å². The number of unbranched alkanes of at least 4 members (excludes halogenated alkanes) is 2. The first kappa shape index (κ1) is 14.6. The van der Waals surface area contributed by atoms with Gasteiger partial charge in [-0.1, -0.05) is 31.4 Å². The van der Waals surface area contributed by atoms with Gasteiger partial charge in [0, 0.05) is 12.5 Å². The van der Waals surface area contributed by atoms with Crippen LogP contribution in [0.5, 0.6) is 17.2 Å². The third-order valence-electron chi connectivity index (χ3n) is 2.69. The van der Waals surface area contributed by atoms with E-state index in [4.69, 9.17) is 16.3 Å². The Bertz CT molecular complexity index is 443. The third-order valence-corrected chi connectivity index (χ3v) is 3.06. The Labute approximate surface area is 111 Å². The molecule has 1 rings (SSSR count). The van der Waals surface area contributed by atoms with Crippen molar-refractivity contribution in [2.45, 2.75) is 32.6 Å². The summed E-state index contributed by atoms with van der Waals surface area (Å²) < 4.78 is 4.88. The van der Waals surface area contributed by atoms with Crippen molar-refractivity contribution in [3.8, 4) is 17.2 Å². The van der Waals surface area contributed by atoms with E-state index in [0.29, 0.717) is 0 Å². The van der Waals surface area contributed by atoms with Crippen molar-refractivity contribution in [3.63, 3.8) is 0 Å². The van der Waals surface area contributed by atoms with Crippen molar-refractivity contribution < 1.29 is 19.7 Å². The van der Waals surface area contributed by atoms with Crippen molar-refractivity contribution in [2.24, 2.45) is 0 Å². The predicted octanol–water partition coefficient (Wildman–Crippen LogP) is 3.52. The maximum Gasteiger partial charge on any atom is 0.170 e. The molecule has 0 aliphatic carbocycles. The molecule has 0 aliphatic rings. The number of Topliss-reactive ketones (excluding diaryl/α,β-unsaturated/α-hetero) is 1. The quantitative estimate of drug-likeness (QED) is 0.614. The Balaban J connectivity index is 3.02. The zero-order valence-corrected chi connectivity index (χ0v) is 11.3. The van der Waals surface area contributed by atoms with Crippen LogP contribution in [0.25, 0.3) is 0 Å². The minimum absolute atomic E-state index is 0.0610. The van der Waals surface area contributed by atoms with Gasteiger partial charge in [-0.3, -0.25) is 4.79 Å². The van der Waals surface area contributed by atoms with Crippen molar-refractivity contribution in [1.82, 2.24) is 0 Å². The molecule has 0 aromatic heterocycles. The molecule has 1 aromatic rings. The third kappa shape index (κ3) is 3.07. The van der Waals surface area contributed by atoms with E-state index < -0.39 is 5.75 Å². The molecule has 0 atom stereocenters. The topological polar surface area (TPSA) is 66.8 Å². The molecule has 1 aromatic carbocycles. The molecule has 2 N–H and O–H groups in total.